The van der Waals surface area contributed by atoms with E-state index in [1.807, 2.05) is 26.0 Å². The normalized spacial score (nSPS) is 11.9. The minimum absolute atomic E-state index is 0.0133. The molecule has 9 nitrogen and oxygen atoms in total. The summed E-state index contributed by atoms with van der Waals surface area (Å²) in [4.78, 5) is 23.6. The number of nitro benzene ring substituents is 1. The zero-order chi connectivity index (χ0) is 20.8. The molecule has 0 spiro atoms. The van der Waals surface area contributed by atoms with Gasteiger partial charge in [0.15, 0.2) is 0 Å². The Hall–Kier alpha value is -3.59. The van der Waals surface area contributed by atoms with Gasteiger partial charge in [0.1, 0.15) is 5.82 Å². The summed E-state index contributed by atoms with van der Waals surface area (Å²) in [5.74, 6) is 1.05. The molecule has 1 aromatic carbocycles. The smallest absolute Gasteiger partial charge is 0.269 e. The summed E-state index contributed by atoms with van der Waals surface area (Å²) in [5.41, 5.74) is 2.13. The van der Waals surface area contributed by atoms with E-state index in [4.69, 9.17) is 0 Å². The monoisotopic (exact) mass is 394 g/mol. The van der Waals surface area contributed by atoms with Gasteiger partial charge in [0.25, 0.3) is 5.69 Å². The molecule has 0 aliphatic heterocycles. The number of hydrogen-bond acceptors (Lipinski definition) is 8. The number of nitrogens with zero attached hydrogens (tertiary/aromatic N) is 4. The molecule has 29 heavy (non-hydrogen) atoms. The van der Waals surface area contributed by atoms with Crippen LogP contribution in [-0.2, 0) is 0 Å². The molecule has 0 unspecified atom stereocenters. The van der Waals surface area contributed by atoms with E-state index in [1.165, 1.54) is 12.1 Å². The number of hydrogen-bond donors (Lipinski definition) is 3. The molecule has 9 heteroatoms. The first-order chi connectivity index (χ1) is 14.0. The van der Waals surface area contributed by atoms with Gasteiger partial charge in [-0.2, -0.15) is 4.98 Å². The molecular weight excluding hydrogens is 372 g/mol. The van der Waals surface area contributed by atoms with Crippen molar-refractivity contribution in [1.82, 2.24) is 15.0 Å². The molecule has 3 N–H and O–H groups in total. The van der Waals surface area contributed by atoms with Crippen LogP contribution in [0.3, 0.4) is 0 Å². The van der Waals surface area contributed by atoms with Crippen molar-refractivity contribution in [1.29, 1.82) is 0 Å². The Morgan fingerprint density at radius 2 is 1.93 bits per heavy atom. The van der Waals surface area contributed by atoms with E-state index in [1.54, 1.807) is 30.6 Å². The number of non-ortho nitro benzene ring substituents is 1. The molecule has 0 bridgehead atoms. The number of nitrogens with one attached hydrogen (secondary N) is 2. The van der Waals surface area contributed by atoms with Crippen LogP contribution in [0.5, 0.6) is 0 Å². The van der Waals surface area contributed by atoms with Crippen LogP contribution in [0.4, 0.5) is 23.1 Å². The molecule has 3 aromatic rings. The topological polar surface area (TPSA) is 126 Å². The molecular formula is C20H22N6O3. The molecule has 0 radical (unpaired) electrons. The highest BCUT2D eigenvalue weighted by molar-refractivity contribution is 5.67. The molecule has 0 aliphatic rings. The molecule has 0 saturated heterocycles. The largest absolute Gasteiger partial charge is 0.394 e. The van der Waals surface area contributed by atoms with E-state index in [2.05, 4.69) is 25.6 Å². The quantitative estimate of drug-likeness (QED) is 0.391. The standard InChI is InChI=1S/C20H22N6O3/c1-13(2)18(12-27)24-20-23-17(14-4-3-9-21-11-14)10-19(25-20)22-15-5-7-16(8-6-15)26(28)29/h3-11,13,18,27H,12H2,1-2H3,(H2,22,23,24,25)/t18-/m0/s1. The summed E-state index contributed by atoms with van der Waals surface area (Å²) < 4.78 is 0. The fourth-order valence-electron chi connectivity index (χ4n) is 2.64. The highest BCUT2D eigenvalue weighted by atomic mass is 16.6. The predicted octanol–water partition coefficient (Wildman–Crippen LogP) is 3.62. The van der Waals surface area contributed by atoms with Crippen molar-refractivity contribution in [3.05, 3.63) is 65.0 Å². The van der Waals surface area contributed by atoms with Crippen LogP contribution in [0, 0.1) is 16.0 Å². The maximum atomic E-state index is 10.8. The Kier molecular flexibility index (Phi) is 6.30. The lowest BCUT2D eigenvalue weighted by Crippen LogP contribution is -2.30. The van der Waals surface area contributed by atoms with Crippen LogP contribution in [0.15, 0.2) is 54.9 Å². The summed E-state index contributed by atoms with van der Waals surface area (Å²) in [7, 11) is 0. The number of aliphatic hydroxyl groups excluding tert-OH is 1. The fraction of sp³-hybridized carbons (Fsp3) is 0.250. The average molecular weight is 394 g/mol. The number of anilines is 3. The van der Waals surface area contributed by atoms with Gasteiger partial charge in [-0.1, -0.05) is 13.8 Å². The minimum atomic E-state index is -0.446. The molecule has 0 fully saturated rings. The van der Waals surface area contributed by atoms with E-state index in [0.717, 1.165) is 5.56 Å². The summed E-state index contributed by atoms with van der Waals surface area (Å²) in [5, 5.41) is 26.8. The molecule has 0 saturated carbocycles. The summed E-state index contributed by atoms with van der Waals surface area (Å²) in [6, 6.07) is 11.3. The van der Waals surface area contributed by atoms with E-state index >= 15 is 0 Å². The fourth-order valence-corrected chi connectivity index (χ4v) is 2.64. The summed E-state index contributed by atoms with van der Waals surface area (Å²) in [6.45, 7) is 3.94. The van der Waals surface area contributed by atoms with Gasteiger partial charge in [-0.25, -0.2) is 4.98 Å². The van der Waals surface area contributed by atoms with E-state index in [0.29, 0.717) is 23.1 Å². The Morgan fingerprint density at radius 1 is 1.17 bits per heavy atom. The molecule has 1 atom stereocenters. The third kappa shape index (κ3) is 5.23. The zero-order valence-corrected chi connectivity index (χ0v) is 16.1. The van der Waals surface area contributed by atoms with Gasteiger partial charge in [0.05, 0.1) is 23.3 Å². The SMILES string of the molecule is CC(C)[C@H](CO)Nc1nc(Nc2ccc([N+](=O)[O-])cc2)cc(-c2cccnc2)n1. The lowest BCUT2D eigenvalue weighted by atomic mass is 10.1. The molecule has 150 valence electrons. The molecule has 2 aromatic heterocycles. The number of pyridine rings is 1. The second-order valence-electron chi connectivity index (χ2n) is 6.81. The Morgan fingerprint density at radius 3 is 2.52 bits per heavy atom. The molecule has 0 amide bonds. The maximum absolute atomic E-state index is 10.8. The van der Waals surface area contributed by atoms with Gasteiger partial charge in [0, 0.05) is 41.8 Å². The third-order valence-electron chi connectivity index (χ3n) is 4.35. The average Bonchev–Trinajstić information content (AvgIpc) is 2.72. The second-order valence-corrected chi connectivity index (χ2v) is 6.81. The van der Waals surface area contributed by atoms with Crippen LogP contribution < -0.4 is 10.6 Å². The highest BCUT2D eigenvalue weighted by Crippen LogP contribution is 2.25. The Bertz CT molecular complexity index is 964. The second kappa shape index (κ2) is 9.07. The van der Waals surface area contributed by atoms with Gasteiger partial charge in [-0.3, -0.25) is 15.1 Å². The first-order valence-electron chi connectivity index (χ1n) is 9.14. The van der Waals surface area contributed by atoms with Crippen molar-refractivity contribution in [3.63, 3.8) is 0 Å². The maximum Gasteiger partial charge on any atom is 0.269 e. The third-order valence-corrected chi connectivity index (χ3v) is 4.35. The minimum Gasteiger partial charge on any atom is -0.394 e. The van der Waals surface area contributed by atoms with Gasteiger partial charge in [-0.15, -0.1) is 0 Å². The highest BCUT2D eigenvalue weighted by Gasteiger charge is 2.15. The van der Waals surface area contributed by atoms with Crippen molar-refractivity contribution in [2.75, 3.05) is 17.2 Å². The van der Waals surface area contributed by atoms with Gasteiger partial charge >= 0.3 is 0 Å². The number of aliphatic hydroxyl groups is 1. The van der Waals surface area contributed by atoms with Gasteiger partial charge in [-0.05, 0) is 30.2 Å². The van der Waals surface area contributed by atoms with Crippen LogP contribution in [0.25, 0.3) is 11.3 Å². The van der Waals surface area contributed by atoms with Crippen molar-refractivity contribution in [2.45, 2.75) is 19.9 Å². The van der Waals surface area contributed by atoms with Crippen molar-refractivity contribution < 1.29 is 10.0 Å². The number of nitro groups is 1. The predicted molar refractivity (Wildman–Crippen MR) is 111 cm³/mol. The van der Waals surface area contributed by atoms with Crippen molar-refractivity contribution >= 4 is 23.1 Å². The molecule has 0 aliphatic carbocycles. The first kappa shape index (κ1) is 20.2. The van der Waals surface area contributed by atoms with Crippen LogP contribution in [0.2, 0.25) is 0 Å². The van der Waals surface area contributed by atoms with Crippen molar-refractivity contribution in [2.24, 2.45) is 5.92 Å². The summed E-state index contributed by atoms with van der Waals surface area (Å²) >= 11 is 0. The lowest BCUT2D eigenvalue weighted by molar-refractivity contribution is -0.384. The van der Waals surface area contributed by atoms with Crippen LogP contribution >= 0.6 is 0 Å². The first-order valence-corrected chi connectivity index (χ1v) is 9.14. The summed E-state index contributed by atoms with van der Waals surface area (Å²) in [6.07, 6.45) is 3.38. The van der Waals surface area contributed by atoms with Crippen LogP contribution in [0.1, 0.15) is 13.8 Å². The van der Waals surface area contributed by atoms with Crippen molar-refractivity contribution in [3.8, 4) is 11.3 Å². The van der Waals surface area contributed by atoms with Gasteiger partial charge in [0.2, 0.25) is 5.95 Å². The Labute approximate surface area is 168 Å². The van der Waals surface area contributed by atoms with E-state index < -0.39 is 4.92 Å². The van der Waals surface area contributed by atoms with Gasteiger partial charge < -0.3 is 15.7 Å². The van der Waals surface area contributed by atoms with E-state index in [9.17, 15) is 15.2 Å². The van der Waals surface area contributed by atoms with E-state index in [-0.39, 0.29) is 24.3 Å². The molecule has 2 heterocycles. The number of aromatic nitrogens is 3. The number of benzene rings is 1. The number of rotatable bonds is 8. The zero-order valence-electron chi connectivity index (χ0n) is 16.1. The Balaban J connectivity index is 1.94. The van der Waals surface area contributed by atoms with Crippen LogP contribution in [-0.4, -0.2) is 37.6 Å². The lowest BCUT2D eigenvalue weighted by Gasteiger charge is -2.20. The molecule has 3 rings (SSSR count).